The maximum absolute atomic E-state index is 12.7. The average Bonchev–Trinajstić information content (AvgIpc) is 3.13. The van der Waals surface area contributed by atoms with Gasteiger partial charge in [0.15, 0.2) is 5.12 Å². The van der Waals surface area contributed by atoms with E-state index >= 15 is 0 Å². The van der Waals surface area contributed by atoms with Gasteiger partial charge in [-0.25, -0.2) is 0 Å². The maximum atomic E-state index is 12.7. The quantitative estimate of drug-likeness (QED) is 0.623. The number of rotatable bonds is 7. The van der Waals surface area contributed by atoms with Crippen molar-refractivity contribution in [3.05, 3.63) is 0 Å². The molecule has 24 heavy (non-hydrogen) atoms. The van der Waals surface area contributed by atoms with Crippen LogP contribution in [-0.2, 0) is 9.59 Å². The Morgan fingerprint density at radius 2 is 1.75 bits per heavy atom. The molecule has 1 saturated heterocycles. The summed E-state index contributed by atoms with van der Waals surface area (Å²) in [6.45, 7) is 1.69. The van der Waals surface area contributed by atoms with Crippen molar-refractivity contribution in [3.8, 4) is 0 Å². The predicted molar refractivity (Wildman–Crippen MR) is 111 cm³/mol. The SMILES string of the molecule is CSCC1CSC(CSC(=O)C2CC3CC(CC(C)=O)C2C3)CS1. The summed E-state index contributed by atoms with van der Waals surface area (Å²) >= 11 is 7.69. The molecule has 3 aliphatic rings. The second-order valence-electron chi connectivity index (χ2n) is 7.51. The highest BCUT2D eigenvalue weighted by Crippen LogP contribution is 2.54. The summed E-state index contributed by atoms with van der Waals surface area (Å²) in [6.07, 6.45) is 6.35. The van der Waals surface area contributed by atoms with E-state index in [1.165, 1.54) is 30.1 Å². The van der Waals surface area contributed by atoms with Crippen molar-refractivity contribution in [2.24, 2.45) is 23.7 Å². The van der Waals surface area contributed by atoms with Crippen molar-refractivity contribution in [2.45, 2.75) is 43.1 Å². The van der Waals surface area contributed by atoms with E-state index in [9.17, 15) is 9.59 Å². The highest BCUT2D eigenvalue weighted by Gasteiger charge is 2.48. The lowest BCUT2D eigenvalue weighted by atomic mass is 9.79. The second kappa shape index (κ2) is 9.09. The van der Waals surface area contributed by atoms with Gasteiger partial charge in [0.2, 0.25) is 0 Å². The zero-order chi connectivity index (χ0) is 17.1. The first kappa shape index (κ1) is 19.5. The highest BCUT2D eigenvalue weighted by atomic mass is 32.2. The lowest BCUT2D eigenvalue weighted by Gasteiger charge is -2.29. The van der Waals surface area contributed by atoms with Crippen molar-refractivity contribution in [3.63, 3.8) is 0 Å². The summed E-state index contributed by atoms with van der Waals surface area (Å²) in [5.41, 5.74) is 0. The van der Waals surface area contributed by atoms with E-state index in [2.05, 4.69) is 29.8 Å². The average molecular weight is 405 g/mol. The molecular formula is C18H28O2S4. The van der Waals surface area contributed by atoms with E-state index in [0.717, 1.165) is 17.4 Å². The van der Waals surface area contributed by atoms with Crippen LogP contribution in [0.1, 0.15) is 32.6 Å². The fourth-order valence-electron chi connectivity index (χ4n) is 4.61. The van der Waals surface area contributed by atoms with Crippen molar-refractivity contribution in [1.82, 2.24) is 0 Å². The third kappa shape index (κ3) is 4.92. The molecule has 1 aliphatic heterocycles. The number of thioether (sulfide) groups is 4. The van der Waals surface area contributed by atoms with Crippen LogP contribution in [0.2, 0.25) is 0 Å². The highest BCUT2D eigenvalue weighted by molar-refractivity contribution is 8.15. The predicted octanol–water partition coefficient (Wildman–Crippen LogP) is 4.47. The van der Waals surface area contributed by atoms with Gasteiger partial charge in [0.05, 0.1) is 0 Å². The van der Waals surface area contributed by atoms with E-state index in [1.54, 1.807) is 18.7 Å². The normalized spacial score (nSPS) is 38.4. The minimum Gasteiger partial charge on any atom is -0.300 e. The van der Waals surface area contributed by atoms with Gasteiger partial charge >= 0.3 is 0 Å². The Morgan fingerprint density at radius 1 is 1.04 bits per heavy atom. The largest absolute Gasteiger partial charge is 0.300 e. The van der Waals surface area contributed by atoms with Crippen LogP contribution in [0.3, 0.4) is 0 Å². The Hall–Kier alpha value is 0.740. The summed E-state index contributed by atoms with van der Waals surface area (Å²) in [5.74, 6) is 6.89. The molecule has 136 valence electrons. The van der Waals surface area contributed by atoms with Crippen molar-refractivity contribution >= 4 is 57.9 Å². The molecule has 3 fully saturated rings. The zero-order valence-electron chi connectivity index (χ0n) is 14.6. The Morgan fingerprint density at radius 3 is 2.33 bits per heavy atom. The minimum atomic E-state index is 0.239. The van der Waals surface area contributed by atoms with Crippen molar-refractivity contribution < 1.29 is 9.59 Å². The van der Waals surface area contributed by atoms with Gasteiger partial charge in [-0.3, -0.25) is 4.79 Å². The third-order valence-electron chi connectivity index (χ3n) is 5.60. The number of fused-ring (bicyclic) bond motifs is 2. The topological polar surface area (TPSA) is 34.1 Å². The number of hydrogen-bond donors (Lipinski definition) is 0. The molecule has 0 amide bonds. The lowest BCUT2D eigenvalue weighted by molar-refractivity contribution is -0.120. The van der Waals surface area contributed by atoms with E-state index in [4.69, 9.17) is 0 Å². The van der Waals surface area contributed by atoms with Gasteiger partial charge in [0.1, 0.15) is 5.78 Å². The fourth-order valence-corrected chi connectivity index (χ4v) is 10.2. The van der Waals surface area contributed by atoms with Crippen LogP contribution >= 0.6 is 47.0 Å². The molecule has 0 aromatic rings. The molecule has 2 saturated carbocycles. The summed E-state index contributed by atoms with van der Waals surface area (Å²) in [5, 5.41) is 1.85. The summed E-state index contributed by atoms with van der Waals surface area (Å²) in [7, 11) is 0. The Kier molecular flexibility index (Phi) is 7.39. The summed E-state index contributed by atoms with van der Waals surface area (Å²) in [6, 6.07) is 0. The monoisotopic (exact) mass is 404 g/mol. The molecule has 0 N–H and O–H groups in total. The van der Waals surface area contributed by atoms with Crippen LogP contribution in [-0.4, -0.2) is 50.7 Å². The molecule has 0 aromatic heterocycles. The molecule has 2 aliphatic carbocycles. The number of carbonyl (C=O) groups is 2. The van der Waals surface area contributed by atoms with Crippen LogP contribution in [0.25, 0.3) is 0 Å². The van der Waals surface area contributed by atoms with Gasteiger partial charge in [-0.15, -0.1) is 0 Å². The van der Waals surface area contributed by atoms with Crippen molar-refractivity contribution in [2.75, 3.05) is 29.3 Å². The third-order valence-corrected chi connectivity index (χ3v) is 11.1. The standard InChI is InChI=1S/C18H28O2S4/c1-11(19)3-13-4-12-5-16(13)17(6-12)18(20)24-10-15-9-22-14(7-21-2)8-23-15/h12-17H,3-10H2,1-2H3. The van der Waals surface area contributed by atoms with Crippen molar-refractivity contribution in [1.29, 1.82) is 0 Å². The first-order valence-corrected chi connectivity index (χ1v) is 13.4. The lowest BCUT2D eigenvalue weighted by Crippen LogP contribution is -2.28. The Balaban J connectivity index is 1.42. The maximum Gasteiger partial charge on any atom is 0.192 e. The second-order valence-corrected chi connectivity index (χ2v) is 12.1. The molecule has 0 spiro atoms. The van der Waals surface area contributed by atoms with Gasteiger partial charge < -0.3 is 4.79 Å². The van der Waals surface area contributed by atoms with E-state index in [0.29, 0.717) is 40.3 Å². The smallest absolute Gasteiger partial charge is 0.192 e. The van der Waals surface area contributed by atoms with Gasteiger partial charge in [-0.05, 0) is 50.2 Å². The van der Waals surface area contributed by atoms with Crippen LogP contribution < -0.4 is 0 Å². The molecule has 0 aromatic carbocycles. The summed E-state index contributed by atoms with van der Waals surface area (Å²) in [4.78, 5) is 24.2. The van der Waals surface area contributed by atoms with Crippen LogP contribution in [0.15, 0.2) is 0 Å². The molecule has 1 heterocycles. The Bertz CT molecular complexity index is 462. The number of Topliss-reactive ketones (excluding diaryl/α,β-unsaturated/α-hetero) is 1. The molecular weight excluding hydrogens is 376 g/mol. The van der Waals surface area contributed by atoms with Gasteiger partial charge in [0.25, 0.3) is 0 Å². The van der Waals surface area contributed by atoms with Gasteiger partial charge in [-0.1, -0.05) is 11.8 Å². The Labute approximate surface area is 163 Å². The molecule has 6 unspecified atom stereocenters. The van der Waals surface area contributed by atoms with Crippen LogP contribution in [0.5, 0.6) is 0 Å². The van der Waals surface area contributed by atoms with Crippen LogP contribution in [0, 0.1) is 23.7 Å². The van der Waals surface area contributed by atoms with E-state index in [1.807, 2.05) is 11.8 Å². The first-order chi connectivity index (χ1) is 11.6. The fraction of sp³-hybridized carbons (Fsp3) is 0.889. The summed E-state index contributed by atoms with van der Waals surface area (Å²) < 4.78 is 0. The minimum absolute atomic E-state index is 0.239. The zero-order valence-corrected chi connectivity index (χ0v) is 17.8. The molecule has 3 rings (SSSR count). The molecule has 6 heteroatoms. The van der Waals surface area contributed by atoms with E-state index < -0.39 is 0 Å². The molecule has 2 nitrogen and oxygen atoms in total. The first-order valence-electron chi connectivity index (χ1n) is 8.95. The molecule has 6 atom stereocenters. The molecule has 2 bridgehead atoms. The van der Waals surface area contributed by atoms with Gasteiger partial charge in [0, 0.05) is 45.9 Å². The van der Waals surface area contributed by atoms with E-state index in [-0.39, 0.29) is 5.92 Å². The number of carbonyl (C=O) groups excluding carboxylic acids is 2. The number of ketones is 1. The van der Waals surface area contributed by atoms with Crippen LogP contribution in [0.4, 0.5) is 0 Å². The van der Waals surface area contributed by atoms with Gasteiger partial charge in [-0.2, -0.15) is 35.3 Å². The molecule has 0 radical (unpaired) electrons. The number of hydrogen-bond acceptors (Lipinski definition) is 6.